The van der Waals surface area contributed by atoms with E-state index in [0.717, 1.165) is 5.41 Å². The molecule has 0 saturated heterocycles. The van der Waals surface area contributed by atoms with Crippen LogP contribution in [0.1, 0.15) is 21.7 Å². The van der Waals surface area contributed by atoms with E-state index in [1.807, 2.05) is 0 Å². The Morgan fingerprint density at radius 2 is 2.00 bits per heavy atom. The van der Waals surface area contributed by atoms with Gasteiger partial charge in [0.25, 0.3) is 15.9 Å². The van der Waals surface area contributed by atoms with Crippen LogP contribution < -0.4 is 10.5 Å². The number of aryl methyl sites for hydroxylation is 1. The van der Waals surface area contributed by atoms with Crippen LogP contribution in [0.2, 0.25) is 5.02 Å². The second-order valence-electron chi connectivity index (χ2n) is 4.44. The Morgan fingerprint density at radius 3 is 2.59 bits per heavy atom. The van der Waals surface area contributed by atoms with Crippen LogP contribution in [0.25, 0.3) is 6.08 Å². The van der Waals surface area contributed by atoms with Gasteiger partial charge in [0, 0.05) is 5.02 Å². The highest BCUT2D eigenvalue weighted by Gasteiger charge is 2.18. The van der Waals surface area contributed by atoms with Crippen molar-refractivity contribution in [1.82, 2.24) is 10.2 Å². The lowest BCUT2D eigenvalue weighted by Crippen LogP contribution is -2.17. The molecule has 7 nitrogen and oxygen atoms in total. The number of hydrogen-bond donors (Lipinski definition) is 3. The van der Waals surface area contributed by atoms with Crippen molar-refractivity contribution in [2.45, 2.75) is 6.92 Å². The summed E-state index contributed by atoms with van der Waals surface area (Å²) in [4.78, 5) is 11.2. The van der Waals surface area contributed by atoms with Crippen molar-refractivity contribution in [2.75, 3.05) is 4.72 Å². The van der Waals surface area contributed by atoms with Gasteiger partial charge in [-0.25, -0.2) is 8.42 Å². The maximum atomic E-state index is 12.0. The largest absolute Gasteiger partial charge is 0.364 e. The van der Waals surface area contributed by atoms with Crippen molar-refractivity contribution in [1.29, 1.82) is 0 Å². The Bertz CT molecular complexity index is 825. The number of hydrogen-bond acceptors (Lipinski definition) is 4. The second kappa shape index (κ2) is 6.20. The van der Waals surface area contributed by atoms with Crippen molar-refractivity contribution in [2.24, 2.45) is 5.73 Å². The fourth-order valence-electron chi connectivity index (χ4n) is 1.65. The number of anilines is 1. The molecule has 0 aliphatic carbocycles. The van der Waals surface area contributed by atoms with Crippen molar-refractivity contribution < 1.29 is 13.2 Å². The molecule has 0 spiro atoms. The molecule has 22 heavy (non-hydrogen) atoms. The van der Waals surface area contributed by atoms with Gasteiger partial charge in [-0.15, -0.1) is 0 Å². The summed E-state index contributed by atoms with van der Waals surface area (Å²) in [5.74, 6) is -0.830. The third kappa shape index (κ3) is 3.86. The lowest BCUT2D eigenvalue weighted by molar-refractivity contribution is 0.0996. The van der Waals surface area contributed by atoms with Crippen LogP contribution in [0.15, 0.2) is 29.7 Å². The standard InChI is InChI=1S/C13H13ClN4O3S/c1-8-11(12(13(15)19)17-16-8)18-22(20,21)7-6-9-2-4-10(14)5-3-9/h2-7,18H,1H3,(H2,15,19)(H,16,17)/b7-6-. The number of benzene rings is 1. The van der Waals surface area contributed by atoms with E-state index in [1.165, 1.54) is 6.08 Å². The van der Waals surface area contributed by atoms with Crippen LogP contribution >= 0.6 is 11.6 Å². The van der Waals surface area contributed by atoms with Gasteiger partial charge in [-0.3, -0.25) is 14.6 Å². The number of nitrogens with one attached hydrogen (secondary N) is 2. The molecule has 116 valence electrons. The Kier molecular flexibility index (Phi) is 4.53. The van der Waals surface area contributed by atoms with Gasteiger partial charge in [0.05, 0.1) is 11.1 Å². The van der Waals surface area contributed by atoms with E-state index in [-0.39, 0.29) is 11.4 Å². The van der Waals surface area contributed by atoms with Gasteiger partial charge in [0.1, 0.15) is 5.69 Å². The highest BCUT2D eigenvalue weighted by Crippen LogP contribution is 2.19. The number of nitrogens with zero attached hydrogens (tertiary/aromatic N) is 1. The first-order chi connectivity index (χ1) is 10.3. The fourth-order valence-corrected chi connectivity index (χ4v) is 2.72. The molecule has 0 unspecified atom stereocenters. The summed E-state index contributed by atoms with van der Waals surface area (Å²) in [6, 6.07) is 6.64. The number of carbonyl (C=O) groups is 1. The van der Waals surface area contributed by atoms with Crippen LogP contribution in [-0.2, 0) is 10.0 Å². The maximum Gasteiger partial charge on any atom is 0.271 e. The molecule has 0 bridgehead atoms. The summed E-state index contributed by atoms with van der Waals surface area (Å²) in [7, 11) is -3.82. The quantitative estimate of drug-likeness (QED) is 0.770. The molecule has 4 N–H and O–H groups in total. The van der Waals surface area contributed by atoms with Crippen LogP contribution in [-0.4, -0.2) is 24.5 Å². The van der Waals surface area contributed by atoms with Crippen LogP contribution in [0.4, 0.5) is 5.69 Å². The monoisotopic (exact) mass is 340 g/mol. The zero-order chi connectivity index (χ0) is 16.3. The molecule has 2 aromatic rings. The zero-order valence-electron chi connectivity index (χ0n) is 11.5. The molecule has 0 saturated carbocycles. The predicted octanol–water partition coefficient (Wildman–Crippen LogP) is 1.88. The van der Waals surface area contributed by atoms with Crippen molar-refractivity contribution in [3.63, 3.8) is 0 Å². The van der Waals surface area contributed by atoms with E-state index < -0.39 is 15.9 Å². The number of aromatic nitrogens is 2. The maximum absolute atomic E-state index is 12.0. The molecule has 9 heteroatoms. The minimum atomic E-state index is -3.82. The lowest BCUT2D eigenvalue weighted by atomic mass is 10.2. The number of nitrogens with two attached hydrogens (primary N) is 1. The molecule has 0 aliphatic heterocycles. The van der Waals surface area contributed by atoms with E-state index in [0.29, 0.717) is 16.3 Å². The molecule has 1 amide bonds. The molecule has 0 fully saturated rings. The third-order valence-electron chi connectivity index (χ3n) is 2.73. The number of H-pyrrole nitrogens is 1. The third-order valence-corrected chi connectivity index (χ3v) is 3.97. The normalized spacial score (nSPS) is 11.7. The Morgan fingerprint density at radius 1 is 1.36 bits per heavy atom. The van der Waals surface area contributed by atoms with E-state index in [1.54, 1.807) is 31.2 Å². The number of rotatable bonds is 5. The minimum absolute atomic E-state index is 0.0354. The number of sulfonamides is 1. The van der Waals surface area contributed by atoms with Gasteiger partial charge in [-0.05, 0) is 30.7 Å². The summed E-state index contributed by atoms with van der Waals surface area (Å²) >= 11 is 5.75. The number of carbonyl (C=O) groups excluding carboxylic acids is 1. The van der Waals surface area contributed by atoms with E-state index in [4.69, 9.17) is 17.3 Å². The Labute approximate surface area is 132 Å². The SMILES string of the molecule is Cc1[nH]nc(C(N)=O)c1NS(=O)(=O)/C=C\c1ccc(Cl)cc1. The Hall–Kier alpha value is -2.32. The summed E-state index contributed by atoms with van der Waals surface area (Å²) in [5, 5.41) is 7.70. The Balaban J connectivity index is 2.23. The number of aromatic amines is 1. The van der Waals surface area contributed by atoms with Crippen LogP contribution in [0.5, 0.6) is 0 Å². The number of amides is 1. The van der Waals surface area contributed by atoms with Gasteiger partial charge >= 0.3 is 0 Å². The van der Waals surface area contributed by atoms with Crippen LogP contribution in [0.3, 0.4) is 0 Å². The molecule has 0 radical (unpaired) electrons. The average Bonchev–Trinajstić information content (AvgIpc) is 2.79. The summed E-state index contributed by atoms with van der Waals surface area (Å²) in [6.45, 7) is 1.57. The van der Waals surface area contributed by atoms with E-state index >= 15 is 0 Å². The average molecular weight is 341 g/mol. The van der Waals surface area contributed by atoms with Crippen molar-refractivity contribution in [3.05, 3.63) is 51.6 Å². The first kappa shape index (κ1) is 16.1. The molecule has 0 atom stereocenters. The highest BCUT2D eigenvalue weighted by molar-refractivity contribution is 7.95. The van der Waals surface area contributed by atoms with E-state index in [9.17, 15) is 13.2 Å². The summed E-state index contributed by atoms with van der Waals surface area (Å²) in [6.07, 6.45) is 1.40. The zero-order valence-corrected chi connectivity index (χ0v) is 13.1. The predicted molar refractivity (Wildman–Crippen MR) is 84.9 cm³/mol. The van der Waals surface area contributed by atoms with Crippen molar-refractivity contribution >= 4 is 39.3 Å². The molecule has 2 rings (SSSR count). The van der Waals surface area contributed by atoms with Gasteiger partial charge in [-0.2, -0.15) is 5.10 Å². The number of halogens is 1. The number of primary amides is 1. The molecular weight excluding hydrogens is 328 g/mol. The molecule has 0 aliphatic rings. The smallest absolute Gasteiger partial charge is 0.271 e. The van der Waals surface area contributed by atoms with Crippen LogP contribution in [0, 0.1) is 6.92 Å². The summed E-state index contributed by atoms with van der Waals surface area (Å²) < 4.78 is 26.4. The van der Waals surface area contributed by atoms with Crippen molar-refractivity contribution in [3.8, 4) is 0 Å². The fraction of sp³-hybridized carbons (Fsp3) is 0.0769. The van der Waals surface area contributed by atoms with Gasteiger partial charge in [0.15, 0.2) is 5.69 Å². The van der Waals surface area contributed by atoms with E-state index in [2.05, 4.69) is 14.9 Å². The van der Waals surface area contributed by atoms with Gasteiger partial charge < -0.3 is 5.73 Å². The first-order valence-electron chi connectivity index (χ1n) is 6.10. The molecule has 1 heterocycles. The second-order valence-corrected chi connectivity index (χ2v) is 6.44. The van der Waals surface area contributed by atoms with Gasteiger partial charge in [-0.1, -0.05) is 23.7 Å². The minimum Gasteiger partial charge on any atom is -0.364 e. The molecular formula is C13H13ClN4O3S. The first-order valence-corrected chi connectivity index (χ1v) is 8.02. The lowest BCUT2D eigenvalue weighted by Gasteiger charge is -2.04. The van der Waals surface area contributed by atoms with Gasteiger partial charge in [0.2, 0.25) is 0 Å². The topological polar surface area (TPSA) is 118 Å². The highest BCUT2D eigenvalue weighted by atomic mass is 35.5. The molecule has 1 aromatic carbocycles. The molecule has 1 aromatic heterocycles. The summed E-state index contributed by atoms with van der Waals surface area (Å²) in [5.41, 5.74) is 6.06.